The summed E-state index contributed by atoms with van der Waals surface area (Å²) in [6.45, 7) is 7.23. The summed E-state index contributed by atoms with van der Waals surface area (Å²) in [5, 5.41) is 0. The van der Waals surface area contributed by atoms with Crippen LogP contribution in [0.3, 0.4) is 0 Å². The van der Waals surface area contributed by atoms with Crippen LogP contribution in [0.5, 0.6) is 0 Å². The average Bonchev–Trinajstić information content (AvgIpc) is 2.90. The first-order chi connectivity index (χ1) is 9.04. The highest BCUT2D eigenvalue weighted by atomic mass is 16.6. The third kappa shape index (κ3) is 2.08. The summed E-state index contributed by atoms with van der Waals surface area (Å²) in [6.07, 6.45) is 4.40. The van der Waals surface area contributed by atoms with Crippen molar-refractivity contribution in [1.29, 1.82) is 0 Å². The van der Waals surface area contributed by atoms with Crippen molar-refractivity contribution in [3.05, 3.63) is 47.7 Å². The summed E-state index contributed by atoms with van der Waals surface area (Å²) in [6, 6.07) is 10.3. The van der Waals surface area contributed by atoms with Crippen LogP contribution in [0.4, 0.5) is 0 Å². The zero-order valence-electron chi connectivity index (χ0n) is 12.0. The van der Waals surface area contributed by atoms with E-state index >= 15 is 0 Å². The summed E-state index contributed by atoms with van der Waals surface area (Å²) in [5.41, 5.74) is 0.896. The van der Waals surface area contributed by atoms with E-state index in [0.717, 1.165) is 18.6 Å². The molecule has 19 heavy (non-hydrogen) atoms. The molecule has 1 fully saturated rings. The average molecular weight is 258 g/mol. The highest BCUT2D eigenvalue weighted by Gasteiger charge is 2.56. The fraction of sp³-hybridized carbons (Fsp3) is 0.529. The molecule has 2 atom stereocenters. The summed E-state index contributed by atoms with van der Waals surface area (Å²) < 4.78 is 12.3. The number of fused-ring (bicyclic) bond motifs is 2. The molecule has 3 rings (SSSR count). The molecular formula is C17H22O2. The van der Waals surface area contributed by atoms with Crippen LogP contribution in [0.1, 0.15) is 39.2 Å². The predicted octanol–water partition coefficient (Wildman–Crippen LogP) is 4.06. The van der Waals surface area contributed by atoms with Crippen molar-refractivity contribution < 1.29 is 9.47 Å². The minimum atomic E-state index is -0.209. The van der Waals surface area contributed by atoms with E-state index in [4.69, 9.17) is 9.47 Å². The zero-order valence-corrected chi connectivity index (χ0v) is 12.0. The van der Waals surface area contributed by atoms with Crippen molar-refractivity contribution in [1.82, 2.24) is 0 Å². The van der Waals surface area contributed by atoms with Crippen LogP contribution in [0, 0.1) is 5.92 Å². The second-order valence-electron chi connectivity index (χ2n) is 6.23. The van der Waals surface area contributed by atoms with E-state index < -0.39 is 0 Å². The molecule has 1 aromatic rings. The van der Waals surface area contributed by atoms with Crippen LogP contribution < -0.4 is 0 Å². The minimum absolute atomic E-state index is 0.0965. The second kappa shape index (κ2) is 4.38. The smallest absolute Gasteiger partial charge is 0.127 e. The highest BCUT2D eigenvalue weighted by Crippen LogP contribution is 2.53. The van der Waals surface area contributed by atoms with Gasteiger partial charge in [-0.15, -0.1) is 0 Å². The molecule has 0 N–H and O–H groups in total. The van der Waals surface area contributed by atoms with Gasteiger partial charge in [-0.2, -0.15) is 0 Å². The van der Waals surface area contributed by atoms with Gasteiger partial charge in [0.2, 0.25) is 0 Å². The van der Waals surface area contributed by atoms with Gasteiger partial charge >= 0.3 is 0 Å². The van der Waals surface area contributed by atoms with Gasteiger partial charge in [0.1, 0.15) is 18.0 Å². The molecule has 2 heterocycles. The van der Waals surface area contributed by atoms with Gasteiger partial charge in [-0.1, -0.05) is 44.2 Å². The van der Waals surface area contributed by atoms with Crippen molar-refractivity contribution in [3.8, 4) is 0 Å². The Morgan fingerprint density at radius 2 is 1.95 bits per heavy atom. The topological polar surface area (TPSA) is 18.5 Å². The van der Waals surface area contributed by atoms with Crippen LogP contribution in [-0.4, -0.2) is 11.2 Å². The maximum absolute atomic E-state index is 6.29. The van der Waals surface area contributed by atoms with Gasteiger partial charge in [-0.3, -0.25) is 0 Å². The van der Waals surface area contributed by atoms with Gasteiger partial charge in [-0.25, -0.2) is 0 Å². The molecule has 2 aliphatic heterocycles. The molecule has 2 heteroatoms. The van der Waals surface area contributed by atoms with E-state index in [1.807, 2.05) is 18.2 Å². The largest absolute Gasteiger partial charge is 0.490 e. The molecule has 0 aromatic heterocycles. The Kier molecular flexibility index (Phi) is 2.94. The van der Waals surface area contributed by atoms with Crippen LogP contribution in [-0.2, 0) is 16.1 Å². The quantitative estimate of drug-likeness (QED) is 0.810. The molecular weight excluding hydrogens is 236 g/mol. The van der Waals surface area contributed by atoms with Gasteiger partial charge < -0.3 is 9.47 Å². The molecule has 0 aliphatic carbocycles. The first-order valence-electron chi connectivity index (χ1n) is 7.14. The van der Waals surface area contributed by atoms with E-state index in [-0.39, 0.29) is 11.2 Å². The zero-order chi connectivity index (χ0) is 13.5. The normalized spacial score (nSPS) is 32.7. The first kappa shape index (κ1) is 12.7. The Balaban J connectivity index is 1.75. The molecule has 0 spiro atoms. The Morgan fingerprint density at radius 1 is 1.21 bits per heavy atom. The van der Waals surface area contributed by atoms with E-state index in [1.54, 1.807) is 0 Å². The summed E-state index contributed by atoms with van der Waals surface area (Å²) in [7, 11) is 0. The van der Waals surface area contributed by atoms with Gasteiger partial charge in [0.05, 0.1) is 5.60 Å². The van der Waals surface area contributed by atoms with Crippen molar-refractivity contribution in [2.24, 2.45) is 5.92 Å². The lowest BCUT2D eigenvalue weighted by molar-refractivity contribution is -0.0666. The SMILES string of the molecule is CC(C)C12C=C(OCc3ccccc3)C(C)(CC1)O2. The summed E-state index contributed by atoms with van der Waals surface area (Å²) >= 11 is 0. The number of benzene rings is 1. The fourth-order valence-corrected chi connectivity index (χ4v) is 3.11. The summed E-state index contributed by atoms with van der Waals surface area (Å²) in [4.78, 5) is 0. The molecule has 0 radical (unpaired) electrons. The molecule has 0 amide bonds. The lowest BCUT2D eigenvalue weighted by Gasteiger charge is -2.26. The van der Waals surface area contributed by atoms with E-state index in [1.165, 1.54) is 5.56 Å². The molecule has 2 unspecified atom stereocenters. The van der Waals surface area contributed by atoms with Crippen LogP contribution >= 0.6 is 0 Å². The predicted molar refractivity (Wildman–Crippen MR) is 75.6 cm³/mol. The molecule has 102 valence electrons. The van der Waals surface area contributed by atoms with Gasteiger partial charge in [-0.05, 0) is 37.3 Å². The monoisotopic (exact) mass is 258 g/mol. The third-order valence-electron chi connectivity index (χ3n) is 4.52. The number of hydrogen-bond acceptors (Lipinski definition) is 2. The Hall–Kier alpha value is -1.28. The van der Waals surface area contributed by atoms with Crippen LogP contribution in [0.25, 0.3) is 0 Å². The lowest BCUT2D eigenvalue weighted by atomic mass is 9.81. The molecule has 1 saturated heterocycles. The second-order valence-corrected chi connectivity index (χ2v) is 6.23. The van der Waals surface area contributed by atoms with E-state index in [2.05, 4.69) is 39.0 Å². The van der Waals surface area contributed by atoms with Crippen molar-refractivity contribution >= 4 is 0 Å². The lowest BCUT2D eigenvalue weighted by Crippen LogP contribution is -2.30. The van der Waals surface area contributed by atoms with Crippen LogP contribution in [0.2, 0.25) is 0 Å². The van der Waals surface area contributed by atoms with Gasteiger partial charge in [0.25, 0.3) is 0 Å². The standard InChI is InChI=1S/C17H22O2/c1-13(2)17-10-9-16(3,19-17)15(11-17)18-12-14-7-5-4-6-8-14/h4-8,11,13H,9-10,12H2,1-3H3. The van der Waals surface area contributed by atoms with Crippen molar-refractivity contribution in [2.75, 3.05) is 0 Å². The van der Waals surface area contributed by atoms with Crippen molar-refractivity contribution in [3.63, 3.8) is 0 Å². The van der Waals surface area contributed by atoms with E-state index in [9.17, 15) is 0 Å². The molecule has 2 nitrogen and oxygen atoms in total. The first-order valence-corrected chi connectivity index (χ1v) is 7.14. The van der Waals surface area contributed by atoms with Gasteiger partial charge in [0, 0.05) is 0 Å². The van der Waals surface area contributed by atoms with Crippen molar-refractivity contribution in [2.45, 2.75) is 51.4 Å². The Labute approximate surface area is 115 Å². The Bertz CT molecular complexity index is 491. The molecule has 1 aromatic carbocycles. The highest BCUT2D eigenvalue weighted by molar-refractivity contribution is 5.29. The summed E-state index contributed by atoms with van der Waals surface area (Å²) in [5.74, 6) is 1.52. The van der Waals surface area contributed by atoms with Crippen LogP contribution in [0.15, 0.2) is 42.2 Å². The molecule has 2 aliphatic rings. The molecule has 2 bridgehead atoms. The van der Waals surface area contributed by atoms with Gasteiger partial charge in [0.15, 0.2) is 0 Å². The fourth-order valence-electron chi connectivity index (χ4n) is 3.11. The number of rotatable bonds is 4. The number of hydrogen-bond donors (Lipinski definition) is 0. The minimum Gasteiger partial charge on any atom is -0.490 e. The third-order valence-corrected chi connectivity index (χ3v) is 4.52. The Morgan fingerprint density at radius 3 is 2.58 bits per heavy atom. The van der Waals surface area contributed by atoms with E-state index in [0.29, 0.717) is 12.5 Å². The number of ether oxygens (including phenoxy) is 2. The maximum Gasteiger partial charge on any atom is 0.127 e. The molecule has 0 saturated carbocycles. The maximum atomic E-state index is 6.29.